The van der Waals surface area contributed by atoms with Crippen LogP contribution in [-0.4, -0.2) is 14.7 Å². The molecule has 0 saturated heterocycles. The van der Waals surface area contributed by atoms with Crippen LogP contribution in [0.25, 0.3) is 0 Å². The molecule has 0 aliphatic heterocycles. The van der Waals surface area contributed by atoms with Crippen LogP contribution in [0.5, 0.6) is 0 Å². The molecule has 0 bridgehead atoms. The van der Waals surface area contributed by atoms with Gasteiger partial charge in [-0.3, -0.25) is 14.8 Å². The Hall–Kier alpha value is -2.75. The smallest absolute Gasteiger partial charge is 0.261 e. The lowest BCUT2D eigenvalue weighted by Crippen LogP contribution is -2.02. The zero-order valence-electron chi connectivity index (χ0n) is 9.08. The van der Waals surface area contributed by atoms with E-state index in [9.17, 15) is 14.5 Å². The van der Waals surface area contributed by atoms with Crippen LogP contribution in [0.15, 0.2) is 30.6 Å². The number of rotatable bonds is 3. The van der Waals surface area contributed by atoms with Crippen LogP contribution < -0.4 is 0 Å². The molecule has 0 aliphatic carbocycles. The quantitative estimate of drug-likeness (QED) is 0.611. The maximum Gasteiger partial charge on any atom is 0.307 e. The summed E-state index contributed by atoms with van der Waals surface area (Å²) in [6, 6.07) is 5.84. The molecule has 0 saturated carbocycles. The van der Waals surface area contributed by atoms with Crippen LogP contribution in [0.1, 0.15) is 11.1 Å². The van der Waals surface area contributed by atoms with Crippen molar-refractivity contribution in [2.75, 3.05) is 0 Å². The minimum atomic E-state index is -0.578. The van der Waals surface area contributed by atoms with E-state index in [1.165, 1.54) is 29.1 Å². The summed E-state index contributed by atoms with van der Waals surface area (Å²) in [5.41, 5.74) is 0.423. The Bertz CT molecular complexity index is 645. The van der Waals surface area contributed by atoms with E-state index in [1.807, 2.05) is 6.07 Å². The number of hydrogen-bond donors (Lipinski definition) is 0. The Morgan fingerprint density at radius 3 is 2.94 bits per heavy atom. The fourth-order valence-electron chi connectivity index (χ4n) is 1.47. The van der Waals surface area contributed by atoms with Gasteiger partial charge in [-0.2, -0.15) is 10.4 Å². The summed E-state index contributed by atoms with van der Waals surface area (Å²) in [4.78, 5) is 9.89. The van der Waals surface area contributed by atoms with Gasteiger partial charge >= 0.3 is 5.69 Å². The maximum atomic E-state index is 13.5. The molecule has 6 nitrogen and oxygen atoms in total. The number of nitro groups is 1. The van der Waals surface area contributed by atoms with Crippen molar-refractivity contribution in [3.8, 4) is 6.07 Å². The molecular formula is C11H7FN4O2. The molecule has 0 N–H and O–H groups in total. The minimum absolute atomic E-state index is 0.0369. The maximum absolute atomic E-state index is 13.5. The van der Waals surface area contributed by atoms with E-state index in [0.717, 1.165) is 6.20 Å². The fraction of sp³-hybridized carbons (Fsp3) is 0.0909. The van der Waals surface area contributed by atoms with Crippen LogP contribution >= 0.6 is 0 Å². The summed E-state index contributed by atoms with van der Waals surface area (Å²) in [5.74, 6) is -0.479. The first-order chi connectivity index (χ1) is 8.60. The molecule has 2 rings (SSSR count). The second kappa shape index (κ2) is 4.63. The van der Waals surface area contributed by atoms with Crippen molar-refractivity contribution in [3.05, 3.63) is 57.7 Å². The van der Waals surface area contributed by atoms with Crippen molar-refractivity contribution >= 4 is 5.69 Å². The first-order valence-electron chi connectivity index (χ1n) is 4.95. The highest BCUT2D eigenvalue weighted by Gasteiger charge is 2.10. The summed E-state index contributed by atoms with van der Waals surface area (Å²) in [5, 5.41) is 22.9. The number of benzene rings is 1. The molecule has 0 spiro atoms. The van der Waals surface area contributed by atoms with E-state index in [0.29, 0.717) is 5.56 Å². The van der Waals surface area contributed by atoms with Crippen molar-refractivity contribution < 1.29 is 9.31 Å². The highest BCUT2D eigenvalue weighted by molar-refractivity contribution is 5.34. The van der Waals surface area contributed by atoms with Gasteiger partial charge in [0.2, 0.25) is 0 Å². The molecule has 0 radical (unpaired) electrons. The number of aromatic nitrogens is 2. The molecule has 90 valence electrons. The summed E-state index contributed by atoms with van der Waals surface area (Å²) in [7, 11) is 0. The molecule has 0 atom stereocenters. The van der Waals surface area contributed by atoms with Gasteiger partial charge < -0.3 is 0 Å². The third-order valence-electron chi connectivity index (χ3n) is 2.34. The average Bonchev–Trinajstić information content (AvgIpc) is 2.81. The van der Waals surface area contributed by atoms with Crippen LogP contribution in [0.2, 0.25) is 0 Å². The topological polar surface area (TPSA) is 84.8 Å². The normalized spacial score (nSPS) is 10.0. The molecule has 1 aromatic carbocycles. The van der Waals surface area contributed by atoms with Gasteiger partial charge in [-0.1, -0.05) is 0 Å². The average molecular weight is 246 g/mol. The van der Waals surface area contributed by atoms with Crippen LogP contribution in [0.4, 0.5) is 10.1 Å². The predicted octanol–water partition coefficient (Wildman–Crippen LogP) is 1.85. The second-order valence-corrected chi connectivity index (χ2v) is 3.57. The van der Waals surface area contributed by atoms with Crippen molar-refractivity contribution in [2.24, 2.45) is 0 Å². The van der Waals surface area contributed by atoms with E-state index in [1.54, 1.807) is 0 Å². The summed E-state index contributed by atoms with van der Waals surface area (Å²) in [6.07, 6.45) is 2.30. The van der Waals surface area contributed by atoms with Gasteiger partial charge in [-0.25, -0.2) is 4.39 Å². The second-order valence-electron chi connectivity index (χ2n) is 3.57. The Kier molecular flexibility index (Phi) is 3.02. The number of nitrogens with zero attached hydrogens (tertiary/aromatic N) is 4. The molecule has 2 aromatic rings. The molecule has 18 heavy (non-hydrogen) atoms. The lowest BCUT2D eigenvalue weighted by Gasteiger charge is -2.03. The molecule has 0 aliphatic rings. The van der Waals surface area contributed by atoms with Gasteiger partial charge in [0.15, 0.2) is 0 Å². The van der Waals surface area contributed by atoms with Crippen molar-refractivity contribution in [1.29, 1.82) is 5.26 Å². The van der Waals surface area contributed by atoms with Gasteiger partial charge in [0.05, 0.1) is 23.1 Å². The Balaban J connectivity index is 2.28. The fourth-order valence-corrected chi connectivity index (χ4v) is 1.47. The van der Waals surface area contributed by atoms with Crippen LogP contribution in [0.3, 0.4) is 0 Å². The highest BCUT2D eigenvalue weighted by atomic mass is 19.1. The van der Waals surface area contributed by atoms with E-state index in [-0.39, 0.29) is 17.8 Å². The first kappa shape index (κ1) is 11.7. The number of nitriles is 1. The third kappa shape index (κ3) is 2.32. The molecule has 7 heteroatoms. The molecular weight excluding hydrogens is 239 g/mol. The Morgan fingerprint density at radius 1 is 1.56 bits per heavy atom. The summed E-state index contributed by atoms with van der Waals surface area (Å²) >= 11 is 0. The van der Waals surface area contributed by atoms with Gasteiger partial charge in [0, 0.05) is 5.56 Å². The monoisotopic (exact) mass is 246 g/mol. The minimum Gasteiger partial charge on any atom is -0.261 e. The SMILES string of the molecule is N#Cc1ccc(F)c(Cn2cc([N+](=O)[O-])cn2)c1. The zero-order chi connectivity index (χ0) is 13.1. The van der Waals surface area contributed by atoms with E-state index in [2.05, 4.69) is 5.10 Å². The predicted molar refractivity (Wildman–Crippen MR) is 59.1 cm³/mol. The van der Waals surface area contributed by atoms with Gasteiger partial charge in [-0.05, 0) is 18.2 Å². The van der Waals surface area contributed by atoms with E-state index in [4.69, 9.17) is 5.26 Å². The van der Waals surface area contributed by atoms with Crippen LogP contribution in [0, 0.1) is 27.3 Å². The lowest BCUT2D eigenvalue weighted by molar-refractivity contribution is -0.385. The highest BCUT2D eigenvalue weighted by Crippen LogP contribution is 2.14. The summed E-state index contributed by atoms with van der Waals surface area (Å²) in [6.45, 7) is 0.0369. The van der Waals surface area contributed by atoms with E-state index >= 15 is 0 Å². The van der Waals surface area contributed by atoms with Crippen LogP contribution in [-0.2, 0) is 6.54 Å². The standard InChI is InChI=1S/C11H7FN4O2/c12-11-2-1-8(4-13)3-9(11)6-15-7-10(5-14-15)16(17)18/h1-3,5,7H,6H2. The third-order valence-corrected chi connectivity index (χ3v) is 2.34. The Labute approximate surface area is 101 Å². The molecule has 0 unspecified atom stereocenters. The number of halogens is 1. The largest absolute Gasteiger partial charge is 0.307 e. The van der Waals surface area contributed by atoms with Gasteiger partial charge in [-0.15, -0.1) is 0 Å². The number of hydrogen-bond acceptors (Lipinski definition) is 4. The first-order valence-corrected chi connectivity index (χ1v) is 4.95. The Morgan fingerprint density at radius 2 is 2.33 bits per heavy atom. The van der Waals surface area contributed by atoms with E-state index < -0.39 is 10.7 Å². The summed E-state index contributed by atoms with van der Waals surface area (Å²) < 4.78 is 14.7. The van der Waals surface area contributed by atoms with Crippen molar-refractivity contribution in [1.82, 2.24) is 9.78 Å². The molecule has 0 fully saturated rings. The van der Waals surface area contributed by atoms with Gasteiger partial charge in [0.1, 0.15) is 18.2 Å². The lowest BCUT2D eigenvalue weighted by atomic mass is 10.1. The molecule has 0 amide bonds. The van der Waals surface area contributed by atoms with Crippen molar-refractivity contribution in [3.63, 3.8) is 0 Å². The van der Waals surface area contributed by atoms with Gasteiger partial charge in [0.25, 0.3) is 0 Å². The molecule has 1 heterocycles. The zero-order valence-corrected chi connectivity index (χ0v) is 9.08. The molecule has 1 aromatic heterocycles. The van der Waals surface area contributed by atoms with Crippen molar-refractivity contribution in [2.45, 2.75) is 6.54 Å².